The lowest BCUT2D eigenvalue weighted by molar-refractivity contribution is -0.143. The molecule has 0 fully saturated rings. The Balaban J connectivity index is 3.27. The second-order valence-electron chi connectivity index (χ2n) is 2.99. The highest BCUT2D eigenvalue weighted by molar-refractivity contribution is 5.69. The van der Waals surface area contributed by atoms with Gasteiger partial charge in [0.15, 0.2) is 0 Å². The minimum Gasteiger partial charge on any atom is -0.464 e. The van der Waals surface area contributed by atoms with Crippen molar-refractivity contribution in [1.29, 1.82) is 0 Å². The molecule has 0 spiro atoms. The van der Waals surface area contributed by atoms with Gasteiger partial charge in [-0.1, -0.05) is 20.3 Å². The molecular weight excluding hydrogens is 198 g/mol. The van der Waals surface area contributed by atoms with Gasteiger partial charge in [-0.25, -0.2) is 4.79 Å². The lowest BCUT2D eigenvalue weighted by Crippen LogP contribution is -2.28. The van der Waals surface area contributed by atoms with E-state index in [4.69, 9.17) is 9.47 Å². The van der Waals surface area contributed by atoms with E-state index in [0.29, 0.717) is 13.0 Å². The zero-order chi connectivity index (χ0) is 11.5. The molecule has 5 heteroatoms. The Morgan fingerprint density at radius 2 is 1.87 bits per heavy atom. The Morgan fingerprint density at radius 3 is 2.47 bits per heavy atom. The van der Waals surface area contributed by atoms with E-state index in [0.717, 1.165) is 12.8 Å². The summed E-state index contributed by atoms with van der Waals surface area (Å²) in [6, 6.07) is 0. The fourth-order valence-corrected chi connectivity index (χ4v) is 0.780. The second-order valence-corrected chi connectivity index (χ2v) is 2.99. The SMILES string of the molecule is CCCCOC(=O)NCCOC(=O)CC. The van der Waals surface area contributed by atoms with Crippen LogP contribution in [0, 0.1) is 0 Å². The molecule has 0 aromatic heterocycles. The van der Waals surface area contributed by atoms with Crippen LogP contribution in [0.3, 0.4) is 0 Å². The molecule has 88 valence electrons. The molecule has 1 amide bonds. The molecule has 15 heavy (non-hydrogen) atoms. The fourth-order valence-electron chi connectivity index (χ4n) is 0.780. The summed E-state index contributed by atoms with van der Waals surface area (Å²) in [4.78, 5) is 21.7. The third-order valence-electron chi connectivity index (χ3n) is 1.65. The topological polar surface area (TPSA) is 64.6 Å². The molecule has 0 aromatic rings. The molecule has 0 aliphatic rings. The van der Waals surface area contributed by atoms with Crippen molar-refractivity contribution in [3.8, 4) is 0 Å². The maximum Gasteiger partial charge on any atom is 0.407 e. The van der Waals surface area contributed by atoms with Crippen LogP contribution in [0.4, 0.5) is 4.79 Å². The molecule has 0 atom stereocenters. The number of alkyl carbamates (subject to hydrolysis) is 1. The van der Waals surface area contributed by atoms with E-state index in [2.05, 4.69) is 5.32 Å². The number of rotatable bonds is 7. The van der Waals surface area contributed by atoms with E-state index in [1.807, 2.05) is 6.92 Å². The van der Waals surface area contributed by atoms with Gasteiger partial charge < -0.3 is 14.8 Å². The predicted molar refractivity (Wildman–Crippen MR) is 55.5 cm³/mol. The van der Waals surface area contributed by atoms with Crippen LogP contribution in [-0.4, -0.2) is 31.8 Å². The van der Waals surface area contributed by atoms with Gasteiger partial charge in [-0.3, -0.25) is 4.79 Å². The minimum atomic E-state index is -0.462. The number of amides is 1. The molecule has 0 saturated carbocycles. The number of hydrogen-bond acceptors (Lipinski definition) is 4. The third-order valence-corrected chi connectivity index (χ3v) is 1.65. The lowest BCUT2D eigenvalue weighted by Gasteiger charge is -2.06. The summed E-state index contributed by atoms with van der Waals surface area (Å²) in [5, 5.41) is 2.48. The van der Waals surface area contributed by atoms with Gasteiger partial charge in [-0.05, 0) is 6.42 Å². The highest BCUT2D eigenvalue weighted by Gasteiger charge is 2.01. The fraction of sp³-hybridized carbons (Fsp3) is 0.800. The van der Waals surface area contributed by atoms with Crippen molar-refractivity contribution >= 4 is 12.1 Å². The van der Waals surface area contributed by atoms with Crippen LogP contribution in [0.15, 0.2) is 0 Å². The molecular formula is C10H19NO4. The van der Waals surface area contributed by atoms with Gasteiger partial charge in [0.1, 0.15) is 6.61 Å². The quantitative estimate of drug-likeness (QED) is 0.518. The molecule has 0 unspecified atom stereocenters. The van der Waals surface area contributed by atoms with Crippen LogP contribution in [-0.2, 0) is 14.3 Å². The lowest BCUT2D eigenvalue weighted by atomic mass is 10.4. The van der Waals surface area contributed by atoms with Gasteiger partial charge >= 0.3 is 12.1 Å². The molecule has 0 bridgehead atoms. The zero-order valence-electron chi connectivity index (χ0n) is 9.38. The molecule has 0 aromatic carbocycles. The molecule has 0 rings (SSSR count). The van der Waals surface area contributed by atoms with Gasteiger partial charge in [-0.15, -0.1) is 0 Å². The molecule has 0 aliphatic carbocycles. The number of unbranched alkanes of at least 4 members (excludes halogenated alkanes) is 1. The van der Waals surface area contributed by atoms with E-state index in [-0.39, 0.29) is 19.1 Å². The van der Waals surface area contributed by atoms with Crippen molar-refractivity contribution in [3.05, 3.63) is 0 Å². The van der Waals surface area contributed by atoms with Crippen molar-refractivity contribution in [1.82, 2.24) is 5.32 Å². The van der Waals surface area contributed by atoms with Gasteiger partial charge in [0.05, 0.1) is 13.2 Å². The number of esters is 1. The van der Waals surface area contributed by atoms with E-state index >= 15 is 0 Å². The first-order valence-corrected chi connectivity index (χ1v) is 5.27. The van der Waals surface area contributed by atoms with Crippen LogP contribution in [0.5, 0.6) is 0 Å². The molecule has 0 saturated heterocycles. The number of nitrogens with one attached hydrogen (secondary N) is 1. The number of ether oxygens (including phenoxy) is 2. The van der Waals surface area contributed by atoms with Crippen molar-refractivity contribution in [3.63, 3.8) is 0 Å². The smallest absolute Gasteiger partial charge is 0.407 e. The zero-order valence-corrected chi connectivity index (χ0v) is 9.38. The minimum absolute atomic E-state index is 0.190. The predicted octanol–water partition coefficient (Wildman–Crippen LogP) is 1.47. The summed E-state index contributed by atoms with van der Waals surface area (Å²) in [7, 11) is 0. The number of carbonyl (C=O) groups excluding carboxylic acids is 2. The summed E-state index contributed by atoms with van der Waals surface area (Å²) in [6.07, 6.45) is 1.73. The van der Waals surface area contributed by atoms with Gasteiger partial charge in [0.25, 0.3) is 0 Å². The monoisotopic (exact) mass is 217 g/mol. The van der Waals surface area contributed by atoms with Gasteiger partial charge in [0, 0.05) is 6.42 Å². The van der Waals surface area contributed by atoms with E-state index in [1.165, 1.54) is 0 Å². The van der Waals surface area contributed by atoms with Gasteiger partial charge in [0.2, 0.25) is 0 Å². The number of hydrogen-bond donors (Lipinski definition) is 1. The average Bonchev–Trinajstić information content (AvgIpc) is 2.24. The maximum absolute atomic E-state index is 11.0. The van der Waals surface area contributed by atoms with Crippen molar-refractivity contribution in [2.45, 2.75) is 33.1 Å². The molecule has 0 heterocycles. The average molecular weight is 217 g/mol. The summed E-state index contributed by atoms with van der Waals surface area (Å²) in [5.41, 5.74) is 0. The molecule has 0 radical (unpaired) electrons. The van der Waals surface area contributed by atoms with E-state index < -0.39 is 6.09 Å². The highest BCUT2D eigenvalue weighted by Crippen LogP contribution is 1.88. The van der Waals surface area contributed by atoms with E-state index in [1.54, 1.807) is 6.92 Å². The largest absolute Gasteiger partial charge is 0.464 e. The Bertz CT molecular complexity index is 194. The normalized spacial score (nSPS) is 9.47. The first kappa shape index (κ1) is 13.7. The van der Waals surface area contributed by atoms with Crippen LogP contribution in [0.25, 0.3) is 0 Å². The summed E-state index contributed by atoms with van der Waals surface area (Å²) >= 11 is 0. The highest BCUT2D eigenvalue weighted by atomic mass is 16.6. The first-order valence-electron chi connectivity index (χ1n) is 5.27. The van der Waals surface area contributed by atoms with Crippen molar-refractivity contribution < 1.29 is 19.1 Å². The maximum atomic E-state index is 11.0. The molecule has 1 N–H and O–H groups in total. The van der Waals surface area contributed by atoms with E-state index in [9.17, 15) is 9.59 Å². The summed E-state index contributed by atoms with van der Waals surface area (Å²) < 4.78 is 9.58. The first-order chi connectivity index (χ1) is 7.20. The Kier molecular flexibility index (Phi) is 8.52. The van der Waals surface area contributed by atoms with Crippen molar-refractivity contribution in [2.24, 2.45) is 0 Å². The molecule has 0 aliphatic heterocycles. The second kappa shape index (κ2) is 9.30. The number of carbonyl (C=O) groups is 2. The third kappa shape index (κ3) is 9.05. The summed E-state index contributed by atoms with van der Waals surface area (Å²) in [5.74, 6) is -0.267. The summed E-state index contributed by atoms with van der Waals surface area (Å²) in [6.45, 7) is 4.64. The van der Waals surface area contributed by atoms with Crippen molar-refractivity contribution in [2.75, 3.05) is 19.8 Å². The van der Waals surface area contributed by atoms with Gasteiger partial charge in [-0.2, -0.15) is 0 Å². The van der Waals surface area contributed by atoms with Crippen LogP contribution < -0.4 is 5.32 Å². The Morgan fingerprint density at radius 1 is 1.13 bits per heavy atom. The van der Waals surface area contributed by atoms with Crippen LogP contribution in [0.2, 0.25) is 0 Å². The standard InChI is InChI=1S/C10H19NO4/c1-3-5-7-15-10(13)11-6-8-14-9(12)4-2/h3-8H2,1-2H3,(H,11,13). The Hall–Kier alpha value is -1.26. The molecule has 5 nitrogen and oxygen atoms in total. The Labute approximate surface area is 90.1 Å². The van der Waals surface area contributed by atoms with Crippen LogP contribution >= 0.6 is 0 Å². The van der Waals surface area contributed by atoms with Crippen LogP contribution in [0.1, 0.15) is 33.1 Å².